The van der Waals surface area contributed by atoms with Crippen molar-refractivity contribution in [3.05, 3.63) is 0 Å². The zero-order valence-electron chi connectivity index (χ0n) is 18.0. The second kappa shape index (κ2) is 15.8. The van der Waals surface area contributed by atoms with E-state index in [9.17, 15) is 35.1 Å². The van der Waals surface area contributed by atoms with Crippen molar-refractivity contribution >= 4 is 23.7 Å². The molecule has 0 aromatic rings. The fourth-order valence-electron chi connectivity index (χ4n) is 2.06. The van der Waals surface area contributed by atoms with Crippen LogP contribution < -0.4 is 5.32 Å². The number of thioether (sulfide) groups is 1. The summed E-state index contributed by atoms with van der Waals surface area (Å²) in [5, 5.41) is 50.3. The Labute approximate surface area is 182 Å². The molecule has 0 amide bonds. The molecule has 0 aliphatic rings. The summed E-state index contributed by atoms with van der Waals surface area (Å²) >= 11 is 1.40. The highest BCUT2D eigenvalue weighted by Gasteiger charge is 2.31. The predicted molar refractivity (Wildman–Crippen MR) is 112 cm³/mol. The molecule has 0 bridgehead atoms. The molecule has 178 valence electrons. The van der Waals surface area contributed by atoms with E-state index in [-0.39, 0.29) is 31.5 Å². The monoisotopic (exact) mass is 455 g/mol. The van der Waals surface area contributed by atoms with Crippen LogP contribution in [0.1, 0.15) is 33.6 Å². The van der Waals surface area contributed by atoms with Crippen LogP contribution in [0.25, 0.3) is 0 Å². The van der Waals surface area contributed by atoms with Gasteiger partial charge in [0.15, 0.2) is 0 Å². The smallest absolute Gasteiger partial charge is 0.308 e. The third-order valence-corrected chi connectivity index (χ3v) is 5.86. The Hall–Kier alpha value is -0.950. The molecule has 0 aromatic carbocycles. The molecule has 0 fully saturated rings. The lowest BCUT2D eigenvalue weighted by atomic mass is 10.0. The summed E-state index contributed by atoms with van der Waals surface area (Å²) in [5.74, 6) is -0.522. The van der Waals surface area contributed by atoms with Crippen molar-refractivity contribution in [3.63, 3.8) is 0 Å². The molecular formula is C19H37NO9S. The molecule has 0 aliphatic heterocycles. The molecule has 0 aliphatic carbocycles. The molecule has 0 heterocycles. The Morgan fingerprint density at radius 2 is 1.60 bits per heavy atom. The molecule has 0 saturated carbocycles. The summed E-state index contributed by atoms with van der Waals surface area (Å²) in [4.78, 5) is 23.2. The zero-order chi connectivity index (χ0) is 23.2. The summed E-state index contributed by atoms with van der Waals surface area (Å²) in [6, 6.07) is 0. The first-order chi connectivity index (χ1) is 14.1. The highest BCUT2D eigenvalue weighted by atomic mass is 32.2. The predicted octanol–water partition coefficient (Wildman–Crippen LogP) is -1.14. The van der Waals surface area contributed by atoms with Gasteiger partial charge in [0.1, 0.15) is 25.5 Å². The number of aliphatic hydroxyl groups is 5. The van der Waals surface area contributed by atoms with E-state index in [2.05, 4.69) is 5.32 Å². The number of esters is 2. The molecule has 6 N–H and O–H groups in total. The number of carbonyl (C=O) groups is 2. The van der Waals surface area contributed by atoms with E-state index < -0.39 is 49.6 Å². The Balaban J connectivity index is 4.02. The number of rotatable bonds is 17. The fraction of sp³-hybridized carbons (Fsp3) is 0.895. The van der Waals surface area contributed by atoms with Crippen molar-refractivity contribution in [1.82, 2.24) is 5.32 Å². The standard InChI is InChI=1S/C19H37NO9S/c1-4-13(2)18(27)29-8-15(24)7-28-16(25)5-6-30-9-14(3)17(26)20-19(10-21,11-22)12-23/h13-15,17,20-24,26H,4-12H2,1-3H3. The Morgan fingerprint density at radius 1 is 1.03 bits per heavy atom. The third kappa shape index (κ3) is 11.4. The quantitative estimate of drug-likeness (QED) is 0.0892. The van der Waals surface area contributed by atoms with Gasteiger partial charge in [0.25, 0.3) is 0 Å². The fourth-order valence-corrected chi connectivity index (χ4v) is 3.09. The van der Waals surface area contributed by atoms with Crippen LogP contribution in [0.4, 0.5) is 0 Å². The molecule has 0 rings (SSSR count). The van der Waals surface area contributed by atoms with Gasteiger partial charge in [0.05, 0.1) is 37.7 Å². The molecule has 30 heavy (non-hydrogen) atoms. The first-order valence-corrected chi connectivity index (χ1v) is 11.2. The number of hydrogen-bond acceptors (Lipinski definition) is 11. The van der Waals surface area contributed by atoms with Gasteiger partial charge in [0, 0.05) is 11.7 Å². The summed E-state index contributed by atoms with van der Waals surface area (Å²) < 4.78 is 9.88. The van der Waals surface area contributed by atoms with E-state index in [1.165, 1.54) is 11.8 Å². The number of hydrogen-bond donors (Lipinski definition) is 6. The van der Waals surface area contributed by atoms with Gasteiger partial charge >= 0.3 is 11.9 Å². The Kier molecular flexibility index (Phi) is 15.3. The zero-order valence-corrected chi connectivity index (χ0v) is 18.8. The molecule has 4 unspecified atom stereocenters. The maximum atomic E-state index is 11.7. The van der Waals surface area contributed by atoms with Crippen LogP contribution in [-0.4, -0.2) is 99.9 Å². The van der Waals surface area contributed by atoms with Crippen LogP contribution in [0.15, 0.2) is 0 Å². The molecule has 0 spiro atoms. The van der Waals surface area contributed by atoms with Crippen molar-refractivity contribution < 1.29 is 44.6 Å². The van der Waals surface area contributed by atoms with Crippen molar-refractivity contribution in [2.24, 2.45) is 11.8 Å². The van der Waals surface area contributed by atoms with E-state index in [1.54, 1.807) is 13.8 Å². The normalized spacial score (nSPS) is 15.9. The summed E-state index contributed by atoms with van der Waals surface area (Å²) in [7, 11) is 0. The highest BCUT2D eigenvalue weighted by molar-refractivity contribution is 7.99. The van der Waals surface area contributed by atoms with E-state index >= 15 is 0 Å². The Bertz CT molecular complexity index is 482. The minimum Gasteiger partial charge on any atom is -0.463 e. The van der Waals surface area contributed by atoms with Crippen LogP contribution in [0, 0.1) is 11.8 Å². The van der Waals surface area contributed by atoms with Gasteiger partial charge in [0.2, 0.25) is 0 Å². The molecular weight excluding hydrogens is 418 g/mol. The largest absolute Gasteiger partial charge is 0.463 e. The van der Waals surface area contributed by atoms with E-state index in [1.807, 2.05) is 6.92 Å². The molecule has 0 aromatic heterocycles. The first-order valence-electron chi connectivity index (χ1n) is 10.0. The summed E-state index contributed by atoms with van der Waals surface area (Å²) in [6.45, 7) is 3.23. The third-order valence-electron chi connectivity index (χ3n) is 4.60. The SMILES string of the molecule is CCC(C)C(=O)OCC(O)COC(=O)CCSCC(C)C(O)NC(CO)(CO)CO. The van der Waals surface area contributed by atoms with Gasteiger partial charge in [-0.3, -0.25) is 14.9 Å². The summed E-state index contributed by atoms with van der Waals surface area (Å²) in [5.41, 5.74) is -1.37. The number of nitrogens with one attached hydrogen (secondary N) is 1. The first kappa shape index (κ1) is 29.1. The minimum absolute atomic E-state index is 0.105. The molecule has 10 nitrogen and oxygen atoms in total. The maximum Gasteiger partial charge on any atom is 0.308 e. The van der Waals surface area contributed by atoms with Crippen molar-refractivity contribution in [2.75, 3.05) is 44.5 Å². The van der Waals surface area contributed by atoms with Crippen LogP contribution >= 0.6 is 11.8 Å². The lowest BCUT2D eigenvalue weighted by Gasteiger charge is -2.33. The van der Waals surface area contributed by atoms with E-state index in [0.717, 1.165) is 0 Å². The second-order valence-electron chi connectivity index (χ2n) is 7.42. The van der Waals surface area contributed by atoms with Gasteiger partial charge in [-0.25, -0.2) is 0 Å². The average molecular weight is 456 g/mol. The number of ether oxygens (including phenoxy) is 2. The van der Waals surface area contributed by atoms with Gasteiger partial charge in [-0.2, -0.15) is 11.8 Å². The van der Waals surface area contributed by atoms with Crippen molar-refractivity contribution in [2.45, 2.75) is 51.5 Å². The molecule has 0 radical (unpaired) electrons. The lowest BCUT2D eigenvalue weighted by Crippen LogP contribution is -2.59. The van der Waals surface area contributed by atoms with Crippen LogP contribution in [0.5, 0.6) is 0 Å². The minimum atomic E-state index is -1.37. The van der Waals surface area contributed by atoms with Gasteiger partial charge < -0.3 is 35.0 Å². The topological polar surface area (TPSA) is 166 Å². The molecule has 0 saturated heterocycles. The lowest BCUT2D eigenvalue weighted by molar-refractivity contribution is -0.154. The van der Waals surface area contributed by atoms with Crippen molar-refractivity contribution in [3.8, 4) is 0 Å². The average Bonchev–Trinajstić information content (AvgIpc) is 2.76. The molecule has 4 atom stereocenters. The van der Waals surface area contributed by atoms with Gasteiger partial charge in [-0.05, 0) is 12.2 Å². The van der Waals surface area contributed by atoms with E-state index in [4.69, 9.17) is 9.47 Å². The second-order valence-corrected chi connectivity index (χ2v) is 8.57. The highest BCUT2D eigenvalue weighted by Crippen LogP contribution is 2.15. The summed E-state index contributed by atoms with van der Waals surface area (Å²) in [6.07, 6.45) is -1.41. The van der Waals surface area contributed by atoms with Crippen LogP contribution in [0.3, 0.4) is 0 Å². The maximum absolute atomic E-state index is 11.7. The number of aliphatic hydroxyl groups excluding tert-OH is 5. The van der Waals surface area contributed by atoms with Crippen LogP contribution in [0.2, 0.25) is 0 Å². The Morgan fingerprint density at radius 3 is 2.13 bits per heavy atom. The van der Waals surface area contributed by atoms with Gasteiger partial charge in [-0.1, -0.05) is 20.8 Å². The van der Waals surface area contributed by atoms with Crippen LogP contribution in [-0.2, 0) is 19.1 Å². The van der Waals surface area contributed by atoms with Gasteiger partial charge in [-0.15, -0.1) is 0 Å². The molecule has 11 heteroatoms. The van der Waals surface area contributed by atoms with Crippen molar-refractivity contribution in [1.29, 1.82) is 0 Å². The number of carbonyl (C=O) groups excluding carboxylic acids is 2. The van der Waals surface area contributed by atoms with E-state index in [0.29, 0.717) is 17.9 Å².